The van der Waals surface area contributed by atoms with Gasteiger partial charge in [-0.2, -0.15) is 0 Å². The molecule has 0 saturated heterocycles. The Labute approximate surface area is 211 Å². The van der Waals surface area contributed by atoms with Crippen molar-refractivity contribution in [3.05, 3.63) is 62.8 Å². The van der Waals surface area contributed by atoms with Gasteiger partial charge in [0.15, 0.2) is 0 Å². The Kier molecular flexibility index (Phi) is 14.9. The number of carbonyl (C=O) groups excluding carboxylic acids is 2. The van der Waals surface area contributed by atoms with Gasteiger partial charge in [0, 0.05) is 37.9 Å². The Balaban J connectivity index is 0.000000859. The third-order valence-corrected chi connectivity index (χ3v) is 4.62. The molecule has 2 rings (SSSR count). The van der Waals surface area contributed by atoms with Crippen LogP contribution in [0.1, 0.15) is 51.7 Å². The topological polar surface area (TPSA) is 61.4 Å². The highest BCUT2D eigenvalue weighted by Crippen LogP contribution is 2.25. The summed E-state index contributed by atoms with van der Waals surface area (Å²) in [6.07, 6.45) is 1.37. The molecule has 33 heavy (non-hydrogen) atoms. The van der Waals surface area contributed by atoms with Crippen molar-refractivity contribution in [1.29, 1.82) is 0 Å². The molecule has 2 N–H and O–H groups in total. The average Bonchev–Trinajstić information content (AvgIpc) is 2.71. The second-order valence-corrected chi connectivity index (χ2v) is 10.6. The van der Waals surface area contributed by atoms with Crippen LogP contribution in [0.25, 0.3) is 0 Å². The van der Waals surface area contributed by atoms with E-state index in [0.717, 1.165) is 12.0 Å². The Morgan fingerprint density at radius 3 is 2.24 bits per heavy atom. The minimum atomic E-state index is -0.225. The van der Waals surface area contributed by atoms with Crippen molar-refractivity contribution in [1.82, 2.24) is 10.2 Å². The van der Waals surface area contributed by atoms with Gasteiger partial charge in [-0.15, -0.1) is 0 Å². The van der Waals surface area contributed by atoms with Gasteiger partial charge >= 0.3 is 0 Å². The first kappa shape index (κ1) is 31.0. The van der Waals surface area contributed by atoms with E-state index < -0.39 is 0 Å². The molecule has 0 saturated carbocycles. The van der Waals surface area contributed by atoms with Gasteiger partial charge in [-0.1, -0.05) is 64.4 Å². The largest absolute Gasteiger partial charge is 0.351 e. The lowest BCUT2D eigenvalue weighted by Gasteiger charge is -2.16. The maximum atomic E-state index is 14.1. The van der Waals surface area contributed by atoms with E-state index in [1.54, 1.807) is 38.4 Å². The molecule has 0 aliphatic rings. The summed E-state index contributed by atoms with van der Waals surface area (Å²) >= 11 is 9.13. The van der Waals surface area contributed by atoms with Gasteiger partial charge in [-0.05, 0) is 56.6 Å². The molecule has 0 fully saturated rings. The van der Waals surface area contributed by atoms with Gasteiger partial charge < -0.3 is 15.5 Å². The molecule has 0 heterocycles. The smallest absolute Gasteiger partial charge is 0.211 e. The van der Waals surface area contributed by atoms with Crippen LogP contribution in [0, 0.1) is 11.2 Å². The number of nitrogens with zero attached hydrogens (tertiary/aromatic N) is 1. The fourth-order valence-electron chi connectivity index (χ4n) is 2.34. The van der Waals surface area contributed by atoms with Crippen LogP contribution in [0.2, 0.25) is 5.02 Å². The van der Waals surface area contributed by atoms with Crippen LogP contribution in [0.3, 0.4) is 0 Å². The summed E-state index contributed by atoms with van der Waals surface area (Å²) in [5.41, 5.74) is 2.75. The van der Waals surface area contributed by atoms with E-state index in [9.17, 15) is 14.0 Å². The number of carbonyl (C=O) groups is 2. The van der Waals surface area contributed by atoms with E-state index in [-0.39, 0.29) is 11.7 Å². The van der Waals surface area contributed by atoms with Crippen LogP contribution < -0.4 is 10.6 Å². The van der Waals surface area contributed by atoms with Crippen LogP contribution >= 0.6 is 27.5 Å². The number of hydrogen-bond donors (Lipinski definition) is 2. The SMILES string of the molecule is CC(C)(C)C.CC(CNCc1ccc(Cl)cc1NC=O)c1cccc(Br)c1F.CN(C)C=O. The Morgan fingerprint density at radius 2 is 1.73 bits per heavy atom. The minimum absolute atomic E-state index is 0.0160. The number of nitrogens with one attached hydrogen (secondary N) is 2. The second-order valence-electron chi connectivity index (χ2n) is 9.31. The van der Waals surface area contributed by atoms with Gasteiger partial charge in [-0.25, -0.2) is 4.39 Å². The van der Waals surface area contributed by atoms with Crippen molar-refractivity contribution in [3.63, 3.8) is 0 Å². The fraction of sp³-hybridized carbons (Fsp3) is 0.440. The predicted octanol–water partition coefficient (Wildman–Crippen LogP) is 6.46. The number of amides is 2. The van der Waals surface area contributed by atoms with Gasteiger partial charge in [0.05, 0.1) is 4.47 Å². The lowest BCUT2D eigenvalue weighted by molar-refractivity contribution is -0.115. The molecule has 2 aromatic carbocycles. The molecule has 1 unspecified atom stereocenters. The first-order chi connectivity index (χ1) is 15.3. The fourth-order valence-corrected chi connectivity index (χ4v) is 2.89. The summed E-state index contributed by atoms with van der Waals surface area (Å²) in [6, 6.07) is 10.6. The molecule has 8 heteroatoms. The Morgan fingerprint density at radius 1 is 1.15 bits per heavy atom. The summed E-state index contributed by atoms with van der Waals surface area (Å²) in [6.45, 7) is 11.9. The summed E-state index contributed by atoms with van der Waals surface area (Å²) in [4.78, 5) is 21.5. The zero-order valence-corrected chi connectivity index (χ0v) is 22.8. The van der Waals surface area contributed by atoms with Crippen molar-refractivity contribution in [2.75, 3.05) is 26.0 Å². The molecule has 0 aromatic heterocycles. The molecule has 0 bridgehead atoms. The van der Waals surface area contributed by atoms with Crippen molar-refractivity contribution < 1.29 is 14.0 Å². The summed E-state index contributed by atoms with van der Waals surface area (Å²) < 4.78 is 14.5. The van der Waals surface area contributed by atoms with Gasteiger partial charge in [0.25, 0.3) is 0 Å². The van der Waals surface area contributed by atoms with E-state index in [0.29, 0.717) is 45.7 Å². The normalized spacial score (nSPS) is 11.2. The average molecular weight is 545 g/mol. The van der Waals surface area contributed by atoms with E-state index in [1.165, 1.54) is 4.90 Å². The molecular formula is C25H36BrClFN3O2. The number of anilines is 1. The molecule has 2 aromatic rings. The zero-order valence-electron chi connectivity index (χ0n) is 20.5. The molecule has 0 aliphatic heterocycles. The van der Waals surface area contributed by atoms with Crippen LogP contribution in [0.5, 0.6) is 0 Å². The van der Waals surface area contributed by atoms with E-state index in [4.69, 9.17) is 11.6 Å². The number of benzene rings is 2. The van der Waals surface area contributed by atoms with Crippen LogP contribution in [-0.2, 0) is 16.1 Å². The lowest BCUT2D eigenvalue weighted by atomic mass is 10.0. The Bertz CT molecular complexity index is 867. The number of hydrogen-bond acceptors (Lipinski definition) is 3. The molecule has 184 valence electrons. The van der Waals surface area contributed by atoms with Crippen molar-refractivity contribution in [3.8, 4) is 0 Å². The van der Waals surface area contributed by atoms with Gasteiger partial charge in [0.1, 0.15) is 5.82 Å². The second kappa shape index (κ2) is 15.8. The van der Waals surface area contributed by atoms with Gasteiger partial charge in [0.2, 0.25) is 12.8 Å². The van der Waals surface area contributed by atoms with E-state index >= 15 is 0 Å². The molecule has 2 amide bonds. The quantitative estimate of drug-likeness (QED) is 0.375. The molecule has 1 atom stereocenters. The maximum Gasteiger partial charge on any atom is 0.211 e. The highest BCUT2D eigenvalue weighted by Gasteiger charge is 2.13. The summed E-state index contributed by atoms with van der Waals surface area (Å²) in [7, 11) is 3.38. The van der Waals surface area contributed by atoms with Gasteiger partial charge in [-0.3, -0.25) is 9.59 Å². The van der Waals surface area contributed by atoms with E-state index in [2.05, 4.69) is 54.3 Å². The summed E-state index contributed by atoms with van der Waals surface area (Å²) in [5, 5.41) is 6.47. The maximum absolute atomic E-state index is 14.1. The minimum Gasteiger partial charge on any atom is -0.351 e. The number of rotatable bonds is 8. The van der Waals surface area contributed by atoms with Crippen LogP contribution in [0.4, 0.5) is 10.1 Å². The highest BCUT2D eigenvalue weighted by molar-refractivity contribution is 9.10. The summed E-state index contributed by atoms with van der Waals surface area (Å²) in [5.74, 6) is -0.209. The lowest BCUT2D eigenvalue weighted by Crippen LogP contribution is -2.21. The monoisotopic (exact) mass is 543 g/mol. The third-order valence-electron chi connectivity index (χ3n) is 3.78. The molecular weight excluding hydrogens is 509 g/mol. The standard InChI is InChI=1S/C17H17BrClFN2O.C5H12.C3H7NO/c1-11(14-3-2-4-15(18)17(14)20)8-21-9-12-5-6-13(19)7-16(12)22-10-23;1-5(2,3)4;1-4(2)3-5/h2-7,10-11,21H,8-9H2,1H3,(H,22,23);1-4H3;3H,1-2H3. The highest BCUT2D eigenvalue weighted by atomic mass is 79.9. The van der Waals surface area contributed by atoms with Crippen LogP contribution in [0.15, 0.2) is 40.9 Å². The molecule has 0 spiro atoms. The van der Waals surface area contributed by atoms with Crippen LogP contribution in [-0.4, -0.2) is 38.4 Å². The van der Waals surface area contributed by atoms with Crippen molar-refractivity contribution in [2.45, 2.75) is 47.1 Å². The first-order valence-electron chi connectivity index (χ1n) is 10.5. The predicted molar refractivity (Wildman–Crippen MR) is 140 cm³/mol. The molecule has 5 nitrogen and oxygen atoms in total. The molecule has 0 radical (unpaired) electrons. The van der Waals surface area contributed by atoms with Crippen molar-refractivity contribution in [2.24, 2.45) is 5.41 Å². The zero-order chi connectivity index (χ0) is 25.6. The Hall–Kier alpha value is -1.96. The number of halogens is 3. The molecule has 0 aliphatic carbocycles. The van der Waals surface area contributed by atoms with E-state index in [1.807, 2.05) is 19.1 Å². The third kappa shape index (κ3) is 14.7. The first-order valence-corrected chi connectivity index (χ1v) is 11.7. The van der Waals surface area contributed by atoms with Crippen molar-refractivity contribution >= 4 is 46.0 Å².